The molecule has 0 aliphatic heterocycles. The fourth-order valence-corrected chi connectivity index (χ4v) is 3.38. The molecule has 0 fully saturated rings. The van der Waals surface area contributed by atoms with Gasteiger partial charge >= 0.3 is 0 Å². The first-order valence-corrected chi connectivity index (χ1v) is 9.40. The van der Waals surface area contributed by atoms with Crippen LogP contribution in [0.5, 0.6) is 0 Å². The lowest BCUT2D eigenvalue weighted by molar-refractivity contribution is 1.25. The summed E-state index contributed by atoms with van der Waals surface area (Å²) in [5.41, 5.74) is 10.5. The molecule has 3 rings (SSSR count). The number of hydrogen-bond acceptors (Lipinski definition) is 4. The maximum Gasteiger partial charge on any atom is 0.180 e. The van der Waals surface area contributed by atoms with Crippen LogP contribution >= 0.6 is 23.1 Å². The van der Waals surface area contributed by atoms with Crippen LogP contribution in [0.2, 0.25) is 0 Å². The Balaban J connectivity index is 1.55. The summed E-state index contributed by atoms with van der Waals surface area (Å²) in [5.74, 6) is 0.793. The van der Waals surface area contributed by atoms with Crippen molar-refractivity contribution in [1.82, 2.24) is 0 Å². The van der Waals surface area contributed by atoms with Crippen LogP contribution in [0.4, 0.5) is 0 Å². The summed E-state index contributed by atoms with van der Waals surface area (Å²) in [6.07, 6.45) is 1.72. The van der Waals surface area contributed by atoms with Crippen molar-refractivity contribution >= 4 is 34.5 Å². The van der Waals surface area contributed by atoms with Gasteiger partial charge in [0.2, 0.25) is 0 Å². The van der Waals surface area contributed by atoms with E-state index in [4.69, 9.17) is 5.73 Å². The molecular formula is C19H17N3S2. The molecule has 1 aromatic heterocycles. The summed E-state index contributed by atoms with van der Waals surface area (Å²) in [6.45, 7) is 0. The van der Waals surface area contributed by atoms with Crippen molar-refractivity contribution in [2.45, 2.75) is 5.75 Å². The highest BCUT2D eigenvalue weighted by molar-refractivity contribution is 8.13. The van der Waals surface area contributed by atoms with Crippen LogP contribution in [0, 0.1) is 0 Å². The van der Waals surface area contributed by atoms with E-state index in [1.165, 1.54) is 28.5 Å². The molecule has 0 radical (unpaired) electrons. The van der Waals surface area contributed by atoms with Gasteiger partial charge in [-0.2, -0.15) is 16.4 Å². The Hall–Kier alpha value is -2.37. The first-order chi connectivity index (χ1) is 11.8. The zero-order valence-corrected chi connectivity index (χ0v) is 14.6. The van der Waals surface area contributed by atoms with E-state index in [-0.39, 0.29) is 0 Å². The van der Waals surface area contributed by atoms with Crippen molar-refractivity contribution in [3.63, 3.8) is 0 Å². The zero-order chi connectivity index (χ0) is 16.6. The molecule has 0 atom stereocenters. The average molecular weight is 352 g/mol. The average Bonchev–Trinajstić information content (AvgIpc) is 3.16. The van der Waals surface area contributed by atoms with Gasteiger partial charge in [0.05, 0.1) is 6.21 Å². The second-order valence-electron chi connectivity index (χ2n) is 5.09. The summed E-state index contributed by atoms with van der Waals surface area (Å²) in [6, 6.07) is 20.5. The highest BCUT2D eigenvalue weighted by atomic mass is 32.2. The van der Waals surface area contributed by atoms with E-state index in [0.29, 0.717) is 5.17 Å². The van der Waals surface area contributed by atoms with Crippen LogP contribution in [0.3, 0.4) is 0 Å². The minimum atomic E-state index is 0.463. The van der Waals surface area contributed by atoms with Crippen LogP contribution in [0.25, 0.3) is 11.1 Å². The quantitative estimate of drug-likeness (QED) is 0.400. The molecule has 1 heterocycles. The van der Waals surface area contributed by atoms with Crippen molar-refractivity contribution < 1.29 is 0 Å². The van der Waals surface area contributed by atoms with Gasteiger partial charge in [-0.05, 0) is 39.1 Å². The van der Waals surface area contributed by atoms with Gasteiger partial charge in [0.1, 0.15) is 0 Å². The van der Waals surface area contributed by atoms with Gasteiger partial charge in [-0.15, -0.1) is 5.10 Å². The first kappa shape index (κ1) is 16.5. The lowest BCUT2D eigenvalue weighted by Crippen LogP contribution is -2.05. The van der Waals surface area contributed by atoms with Gasteiger partial charge in [0, 0.05) is 5.75 Å². The fourth-order valence-electron chi connectivity index (χ4n) is 2.10. The highest BCUT2D eigenvalue weighted by Gasteiger charge is 1.98. The molecule has 0 saturated carbocycles. The fraction of sp³-hybridized carbons (Fsp3) is 0.0526. The number of nitrogens with zero attached hydrogens (tertiary/aromatic N) is 2. The molecule has 2 aromatic carbocycles. The third-order valence-electron chi connectivity index (χ3n) is 3.36. The molecule has 5 heteroatoms. The summed E-state index contributed by atoms with van der Waals surface area (Å²) in [7, 11) is 0. The van der Waals surface area contributed by atoms with E-state index >= 15 is 0 Å². The van der Waals surface area contributed by atoms with Gasteiger partial charge in [0.25, 0.3) is 0 Å². The van der Waals surface area contributed by atoms with Crippen molar-refractivity contribution in [3.8, 4) is 11.1 Å². The van der Waals surface area contributed by atoms with Gasteiger partial charge < -0.3 is 5.73 Å². The Morgan fingerprint density at radius 1 is 1.00 bits per heavy atom. The number of thioether (sulfide) groups is 1. The van der Waals surface area contributed by atoms with Gasteiger partial charge in [-0.3, -0.25) is 0 Å². The van der Waals surface area contributed by atoms with Gasteiger partial charge in [-0.25, -0.2) is 0 Å². The SMILES string of the molecule is NC(=NN=Cc1ccc(-c2ccsc2)cc1)SCc1ccccc1. The third kappa shape index (κ3) is 4.81. The summed E-state index contributed by atoms with van der Waals surface area (Å²) in [5, 5.41) is 12.8. The minimum absolute atomic E-state index is 0.463. The maximum absolute atomic E-state index is 5.87. The molecule has 3 nitrogen and oxygen atoms in total. The molecule has 0 aliphatic carbocycles. The lowest BCUT2D eigenvalue weighted by atomic mass is 10.1. The molecule has 0 spiro atoms. The maximum atomic E-state index is 5.87. The van der Waals surface area contributed by atoms with Crippen LogP contribution in [0.1, 0.15) is 11.1 Å². The zero-order valence-electron chi connectivity index (χ0n) is 13.0. The van der Waals surface area contributed by atoms with E-state index in [9.17, 15) is 0 Å². The van der Waals surface area contributed by atoms with E-state index in [1.807, 2.05) is 30.3 Å². The molecular weight excluding hydrogens is 334 g/mol. The van der Waals surface area contributed by atoms with E-state index < -0.39 is 0 Å². The Morgan fingerprint density at radius 2 is 1.79 bits per heavy atom. The van der Waals surface area contributed by atoms with Crippen LogP contribution in [-0.2, 0) is 5.75 Å². The summed E-state index contributed by atoms with van der Waals surface area (Å²) < 4.78 is 0. The molecule has 2 N–H and O–H groups in total. The van der Waals surface area contributed by atoms with Gasteiger partial charge in [-0.1, -0.05) is 66.4 Å². The molecule has 0 bridgehead atoms. The van der Waals surface area contributed by atoms with Crippen LogP contribution in [-0.4, -0.2) is 11.4 Å². The molecule has 24 heavy (non-hydrogen) atoms. The summed E-state index contributed by atoms with van der Waals surface area (Å²) >= 11 is 3.18. The number of benzene rings is 2. The van der Waals surface area contributed by atoms with Crippen molar-refractivity contribution in [2.75, 3.05) is 0 Å². The normalized spacial score (nSPS) is 11.9. The standard InChI is InChI=1S/C19H17N3S2/c20-19(24-13-16-4-2-1-3-5-16)22-21-12-15-6-8-17(9-7-15)18-10-11-23-14-18/h1-12,14H,13H2,(H2,20,22). The van der Waals surface area contributed by atoms with E-state index in [1.54, 1.807) is 17.6 Å². The molecule has 3 aromatic rings. The Morgan fingerprint density at radius 3 is 2.50 bits per heavy atom. The number of nitrogens with two attached hydrogens (primary N) is 1. The van der Waals surface area contributed by atoms with Crippen molar-refractivity contribution in [1.29, 1.82) is 0 Å². The minimum Gasteiger partial charge on any atom is -0.377 e. The number of thiophene rings is 1. The van der Waals surface area contributed by atoms with E-state index in [2.05, 4.69) is 51.3 Å². The Kier molecular flexibility index (Phi) is 5.82. The van der Waals surface area contributed by atoms with Gasteiger partial charge in [0.15, 0.2) is 5.17 Å². The molecule has 120 valence electrons. The Bertz CT molecular complexity index is 808. The van der Waals surface area contributed by atoms with E-state index in [0.717, 1.165) is 11.3 Å². The second-order valence-corrected chi connectivity index (χ2v) is 6.87. The number of hydrogen-bond donors (Lipinski definition) is 1. The highest BCUT2D eigenvalue weighted by Crippen LogP contribution is 2.21. The monoisotopic (exact) mass is 351 g/mol. The molecule has 0 aliphatic rings. The summed E-state index contributed by atoms with van der Waals surface area (Å²) in [4.78, 5) is 0. The van der Waals surface area contributed by atoms with Crippen molar-refractivity contribution in [2.24, 2.45) is 15.9 Å². The smallest absolute Gasteiger partial charge is 0.180 e. The largest absolute Gasteiger partial charge is 0.377 e. The van der Waals surface area contributed by atoms with Crippen LogP contribution < -0.4 is 5.73 Å². The number of rotatable bonds is 5. The second kappa shape index (κ2) is 8.47. The van der Waals surface area contributed by atoms with Crippen LogP contribution in [0.15, 0.2) is 81.6 Å². The lowest BCUT2D eigenvalue weighted by Gasteiger charge is -1.99. The number of amidine groups is 1. The predicted octanol–water partition coefficient (Wildman–Crippen LogP) is 5.00. The molecule has 0 saturated heterocycles. The predicted molar refractivity (Wildman–Crippen MR) is 107 cm³/mol. The third-order valence-corrected chi connectivity index (χ3v) is 4.90. The van der Waals surface area contributed by atoms with Crippen molar-refractivity contribution in [3.05, 3.63) is 82.6 Å². The molecule has 0 unspecified atom stereocenters. The molecule has 0 amide bonds. The first-order valence-electron chi connectivity index (χ1n) is 7.47. The topological polar surface area (TPSA) is 50.7 Å². The Labute approximate surface area is 150 Å².